The molecule has 7 nitrogen and oxygen atoms in total. The van der Waals surface area contributed by atoms with Gasteiger partial charge in [-0.15, -0.1) is 0 Å². The van der Waals surface area contributed by atoms with E-state index < -0.39 is 0 Å². The number of methoxy groups -OCH3 is 4. The molecule has 0 spiro atoms. The Bertz CT molecular complexity index is 1040. The molecule has 0 N–H and O–H groups in total. The van der Waals surface area contributed by atoms with Crippen LogP contribution in [0.15, 0.2) is 24.3 Å². The normalized spacial score (nSPS) is 12.5. The summed E-state index contributed by atoms with van der Waals surface area (Å²) < 4.78 is 23.3. The van der Waals surface area contributed by atoms with Gasteiger partial charge in [0.25, 0.3) is 0 Å². The summed E-state index contributed by atoms with van der Waals surface area (Å²) in [5.74, 6) is 1.97. The number of hydrogen-bond acceptors (Lipinski definition) is 6. The van der Waals surface area contributed by atoms with Crippen molar-refractivity contribution in [2.75, 3.05) is 28.4 Å². The van der Waals surface area contributed by atoms with Gasteiger partial charge in [0.05, 0.1) is 40.5 Å². The van der Waals surface area contributed by atoms with Crippen molar-refractivity contribution < 1.29 is 23.7 Å². The molecule has 0 aliphatic carbocycles. The van der Waals surface area contributed by atoms with Gasteiger partial charge in [0.15, 0.2) is 11.5 Å². The van der Waals surface area contributed by atoms with Crippen LogP contribution in [-0.4, -0.2) is 44.0 Å². The van der Waals surface area contributed by atoms with E-state index in [0.29, 0.717) is 46.3 Å². The molecule has 26 heavy (non-hydrogen) atoms. The molecule has 0 fully saturated rings. The monoisotopic (exact) mass is 354 g/mol. The molecule has 1 aromatic heterocycles. The number of hydrogen-bond donors (Lipinski definition) is 0. The van der Waals surface area contributed by atoms with Crippen LogP contribution in [0.1, 0.15) is 21.6 Å². The van der Waals surface area contributed by atoms with E-state index in [1.54, 1.807) is 25.0 Å². The summed E-state index contributed by atoms with van der Waals surface area (Å²) in [6.07, 6.45) is 0. The third-order valence-corrected chi connectivity index (χ3v) is 4.65. The van der Waals surface area contributed by atoms with Crippen LogP contribution in [0.2, 0.25) is 0 Å². The van der Waals surface area contributed by atoms with E-state index in [1.807, 2.05) is 18.2 Å². The molecule has 134 valence electrons. The minimum Gasteiger partial charge on any atom is -0.497 e. The number of fused-ring (bicyclic) bond motifs is 4. The molecule has 0 radical (unpaired) electrons. The zero-order valence-electron chi connectivity index (χ0n) is 15.0. The van der Waals surface area contributed by atoms with Crippen molar-refractivity contribution in [1.82, 2.24) is 9.78 Å². The second kappa shape index (κ2) is 5.94. The van der Waals surface area contributed by atoms with Gasteiger partial charge in [0.2, 0.25) is 11.5 Å². The van der Waals surface area contributed by atoms with E-state index in [4.69, 9.17) is 18.9 Å². The molecule has 0 saturated heterocycles. The van der Waals surface area contributed by atoms with Gasteiger partial charge in [-0.3, -0.25) is 9.48 Å². The van der Waals surface area contributed by atoms with Crippen molar-refractivity contribution in [2.24, 2.45) is 0 Å². The van der Waals surface area contributed by atoms with Crippen LogP contribution >= 0.6 is 0 Å². The molecule has 0 atom stereocenters. The highest BCUT2D eigenvalue weighted by Crippen LogP contribution is 2.45. The van der Waals surface area contributed by atoms with Crippen LogP contribution in [-0.2, 0) is 6.54 Å². The summed E-state index contributed by atoms with van der Waals surface area (Å²) in [5, 5.41) is 5.36. The van der Waals surface area contributed by atoms with Gasteiger partial charge in [-0.1, -0.05) is 0 Å². The van der Waals surface area contributed by atoms with Gasteiger partial charge in [-0.2, -0.15) is 5.10 Å². The highest BCUT2D eigenvalue weighted by molar-refractivity contribution is 6.17. The SMILES string of the molecule is COc1ccc2c3n(nc2c1)Cc1c(cc(OC)c(OC)c1OC)C3=O. The number of rotatable bonds is 4. The molecule has 0 bridgehead atoms. The molecular formula is C19H18N2O5. The Morgan fingerprint density at radius 3 is 2.38 bits per heavy atom. The Labute approximate surface area is 150 Å². The third-order valence-electron chi connectivity index (χ3n) is 4.65. The number of benzene rings is 2. The topological polar surface area (TPSA) is 71.8 Å². The van der Waals surface area contributed by atoms with Crippen LogP contribution in [0.4, 0.5) is 0 Å². The summed E-state index contributed by atoms with van der Waals surface area (Å²) in [4.78, 5) is 13.2. The molecule has 0 unspecified atom stereocenters. The predicted octanol–water partition coefficient (Wildman–Crippen LogP) is 2.66. The average molecular weight is 354 g/mol. The third kappa shape index (κ3) is 2.13. The molecule has 1 aliphatic heterocycles. The van der Waals surface area contributed by atoms with Crippen molar-refractivity contribution in [3.05, 3.63) is 41.1 Å². The quantitative estimate of drug-likeness (QED) is 0.561. The van der Waals surface area contributed by atoms with Gasteiger partial charge >= 0.3 is 0 Å². The molecule has 7 heteroatoms. The van der Waals surface area contributed by atoms with E-state index >= 15 is 0 Å². The first-order valence-corrected chi connectivity index (χ1v) is 8.04. The predicted molar refractivity (Wildman–Crippen MR) is 94.9 cm³/mol. The fourth-order valence-electron chi connectivity index (χ4n) is 3.45. The zero-order valence-corrected chi connectivity index (χ0v) is 15.0. The lowest BCUT2D eigenvalue weighted by atomic mass is 9.94. The highest BCUT2D eigenvalue weighted by Gasteiger charge is 2.32. The number of nitrogens with zero attached hydrogens (tertiary/aromatic N) is 2. The van der Waals surface area contributed by atoms with Crippen molar-refractivity contribution in [2.45, 2.75) is 6.54 Å². The smallest absolute Gasteiger partial charge is 0.212 e. The van der Waals surface area contributed by atoms with Gasteiger partial charge in [0, 0.05) is 22.6 Å². The molecule has 0 saturated carbocycles. The lowest BCUT2D eigenvalue weighted by molar-refractivity contribution is 0.102. The summed E-state index contributed by atoms with van der Waals surface area (Å²) >= 11 is 0. The van der Waals surface area contributed by atoms with Crippen LogP contribution < -0.4 is 18.9 Å². The van der Waals surface area contributed by atoms with Gasteiger partial charge in [-0.05, 0) is 18.2 Å². The van der Waals surface area contributed by atoms with Crippen LogP contribution in [0, 0.1) is 0 Å². The molecule has 0 amide bonds. The van der Waals surface area contributed by atoms with Crippen molar-refractivity contribution in [1.29, 1.82) is 0 Å². The fourth-order valence-corrected chi connectivity index (χ4v) is 3.45. The lowest BCUT2D eigenvalue weighted by Gasteiger charge is -2.23. The first kappa shape index (κ1) is 16.3. The summed E-state index contributed by atoms with van der Waals surface area (Å²) in [6.45, 7) is 0.400. The van der Waals surface area contributed by atoms with E-state index in [0.717, 1.165) is 10.9 Å². The Balaban J connectivity index is 1.97. The average Bonchev–Trinajstić information content (AvgIpc) is 3.04. The van der Waals surface area contributed by atoms with Crippen molar-refractivity contribution in [3.63, 3.8) is 0 Å². The second-order valence-electron chi connectivity index (χ2n) is 5.89. The van der Waals surface area contributed by atoms with Crippen molar-refractivity contribution in [3.8, 4) is 23.0 Å². The van der Waals surface area contributed by atoms with E-state index in [-0.39, 0.29) is 5.78 Å². The molecular weight excluding hydrogens is 336 g/mol. The second-order valence-corrected chi connectivity index (χ2v) is 5.89. The number of carbonyl (C=O) groups is 1. The number of ketones is 1. The van der Waals surface area contributed by atoms with Crippen molar-refractivity contribution >= 4 is 16.7 Å². The zero-order chi connectivity index (χ0) is 18.4. The Kier molecular flexibility index (Phi) is 3.72. The molecule has 2 heterocycles. The van der Waals surface area contributed by atoms with Gasteiger partial charge in [0.1, 0.15) is 11.4 Å². The van der Waals surface area contributed by atoms with E-state index in [2.05, 4.69) is 5.10 Å². The molecule has 1 aliphatic rings. The van der Waals surface area contributed by atoms with Crippen LogP contribution in [0.5, 0.6) is 23.0 Å². The first-order valence-electron chi connectivity index (χ1n) is 8.04. The fraction of sp³-hybridized carbons (Fsp3) is 0.263. The largest absolute Gasteiger partial charge is 0.497 e. The van der Waals surface area contributed by atoms with E-state index in [1.165, 1.54) is 14.2 Å². The number of aromatic nitrogens is 2. The van der Waals surface area contributed by atoms with E-state index in [9.17, 15) is 4.79 Å². The summed E-state index contributed by atoms with van der Waals surface area (Å²) in [7, 11) is 6.21. The number of carbonyl (C=O) groups excluding carboxylic acids is 1. The van der Waals surface area contributed by atoms with Crippen LogP contribution in [0.3, 0.4) is 0 Å². The molecule has 3 aromatic rings. The Morgan fingerprint density at radius 1 is 0.962 bits per heavy atom. The maximum absolute atomic E-state index is 13.2. The minimum absolute atomic E-state index is 0.127. The van der Waals surface area contributed by atoms with Gasteiger partial charge < -0.3 is 18.9 Å². The standard InChI is InChI=1S/C19H18N2O5/c1-23-10-5-6-11-14(7-10)20-21-9-13-12(17(22)16(11)21)8-15(24-2)19(26-4)18(13)25-3/h5-8H,9H2,1-4H3. The maximum atomic E-state index is 13.2. The number of ether oxygens (including phenoxy) is 4. The molecule has 4 rings (SSSR count). The lowest BCUT2D eigenvalue weighted by Crippen LogP contribution is -2.22. The first-order chi connectivity index (χ1) is 12.6. The highest BCUT2D eigenvalue weighted by atomic mass is 16.5. The van der Waals surface area contributed by atoms with Crippen LogP contribution in [0.25, 0.3) is 10.9 Å². The Hall–Kier alpha value is -3.22. The molecule has 2 aromatic carbocycles. The summed E-state index contributed by atoms with van der Waals surface area (Å²) in [6, 6.07) is 7.19. The minimum atomic E-state index is -0.127. The van der Waals surface area contributed by atoms with Gasteiger partial charge in [-0.25, -0.2) is 0 Å². The Morgan fingerprint density at radius 2 is 1.73 bits per heavy atom. The summed E-state index contributed by atoms with van der Waals surface area (Å²) in [5.41, 5.74) is 2.51. The maximum Gasteiger partial charge on any atom is 0.212 e.